The average Bonchev–Trinajstić information content (AvgIpc) is 2.64. The number of anilines is 2. The molecule has 0 aliphatic rings. The van der Waals surface area contributed by atoms with Gasteiger partial charge in [-0.3, -0.25) is 4.79 Å². The van der Waals surface area contributed by atoms with Crippen molar-refractivity contribution < 1.29 is 9.90 Å². The Morgan fingerprint density at radius 1 is 1.04 bits per heavy atom. The minimum absolute atomic E-state index is 0.0820. The largest absolute Gasteiger partial charge is 0.508 e. The van der Waals surface area contributed by atoms with Gasteiger partial charge in [0.15, 0.2) is 0 Å². The summed E-state index contributed by atoms with van der Waals surface area (Å²) in [5.74, 6) is 0.131. The highest BCUT2D eigenvalue weighted by Gasteiger charge is 2.11. The number of hydrogen-bond acceptors (Lipinski definition) is 4. The van der Waals surface area contributed by atoms with Crippen LogP contribution in [0.1, 0.15) is 30.6 Å². The van der Waals surface area contributed by atoms with Crippen LogP contribution in [0.15, 0.2) is 48.5 Å². The molecule has 0 atom stereocenters. The van der Waals surface area contributed by atoms with Crippen LogP contribution in [0.25, 0.3) is 0 Å². The molecule has 0 spiro atoms. The van der Waals surface area contributed by atoms with Crippen LogP contribution in [0.2, 0.25) is 0 Å². The SMILES string of the molecule is CCN(CC)CCCNC(=O)c1ccccc1Nc1ccc(O)cc1. The molecule has 134 valence electrons. The Hall–Kier alpha value is -2.53. The zero-order valence-corrected chi connectivity index (χ0v) is 15.0. The molecule has 0 fully saturated rings. The maximum atomic E-state index is 12.5. The second-order valence-corrected chi connectivity index (χ2v) is 5.85. The number of hydrogen-bond donors (Lipinski definition) is 3. The monoisotopic (exact) mass is 341 g/mol. The van der Waals surface area contributed by atoms with Crippen LogP contribution in [0, 0.1) is 0 Å². The van der Waals surface area contributed by atoms with E-state index in [2.05, 4.69) is 29.4 Å². The summed E-state index contributed by atoms with van der Waals surface area (Å²) in [5.41, 5.74) is 2.17. The lowest BCUT2D eigenvalue weighted by atomic mass is 10.1. The molecular weight excluding hydrogens is 314 g/mol. The molecule has 2 rings (SSSR count). The van der Waals surface area contributed by atoms with E-state index in [0.717, 1.165) is 37.4 Å². The molecule has 0 radical (unpaired) electrons. The zero-order chi connectivity index (χ0) is 18.1. The van der Waals surface area contributed by atoms with Crippen molar-refractivity contribution in [2.45, 2.75) is 20.3 Å². The number of phenols is 1. The fraction of sp³-hybridized carbons (Fsp3) is 0.350. The lowest BCUT2D eigenvalue weighted by Crippen LogP contribution is -2.30. The number of amides is 1. The topological polar surface area (TPSA) is 64.6 Å². The highest BCUT2D eigenvalue weighted by Crippen LogP contribution is 2.22. The van der Waals surface area contributed by atoms with E-state index in [1.165, 1.54) is 0 Å². The molecule has 2 aromatic carbocycles. The van der Waals surface area contributed by atoms with Crippen LogP contribution < -0.4 is 10.6 Å². The second kappa shape index (κ2) is 9.69. The van der Waals surface area contributed by atoms with E-state index in [4.69, 9.17) is 0 Å². The van der Waals surface area contributed by atoms with Gasteiger partial charge in [0.25, 0.3) is 5.91 Å². The number of benzene rings is 2. The van der Waals surface area contributed by atoms with Gasteiger partial charge in [0.1, 0.15) is 5.75 Å². The van der Waals surface area contributed by atoms with E-state index in [-0.39, 0.29) is 11.7 Å². The number of nitrogens with one attached hydrogen (secondary N) is 2. The van der Waals surface area contributed by atoms with Crippen molar-refractivity contribution in [2.75, 3.05) is 31.5 Å². The minimum Gasteiger partial charge on any atom is -0.508 e. The van der Waals surface area contributed by atoms with Gasteiger partial charge >= 0.3 is 0 Å². The first-order valence-corrected chi connectivity index (χ1v) is 8.79. The van der Waals surface area contributed by atoms with E-state index in [1.54, 1.807) is 24.3 Å². The molecule has 0 heterocycles. The molecule has 5 nitrogen and oxygen atoms in total. The van der Waals surface area contributed by atoms with Gasteiger partial charge in [0.2, 0.25) is 0 Å². The summed E-state index contributed by atoms with van der Waals surface area (Å²) in [6.45, 7) is 8.00. The highest BCUT2D eigenvalue weighted by molar-refractivity contribution is 6.00. The summed E-state index contributed by atoms with van der Waals surface area (Å²) < 4.78 is 0. The molecule has 1 amide bonds. The van der Waals surface area contributed by atoms with E-state index >= 15 is 0 Å². The number of carbonyl (C=O) groups excluding carboxylic acids is 1. The summed E-state index contributed by atoms with van der Waals surface area (Å²) >= 11 is 0. The van der Waals surface area contributed by atoms with Gasteiger partial charge in [0, 0.05) is 12.2 Å². The molecule has 0 aliphatic carbocycles. The third kappa shape index (κ3) is 5.80. The Kier molecular flexibility index (Phi) is 7.29. The first-order valence-electron chi connectivity index (χ1n) is 8.79. The number of nitrogens with zero attached hydrogens (tertiary/aromatic N) is 1. The van der Waals surface area contributed by atoms with Gasteiger partial charge < -0.3 is 20.6 Å². The van der Waals surface area contributed by atoms with Crippen LogP contribution in [0.4, 0.5) is 11.4 Å². The fourth-order valence-corrected chi connectivity index (χ4v) is 2.63. The molecule has 0 aromatic heterocycles. The van der Waals surface area contributed by atoms with Gasteiger partial charge in [0.05, 0.1) is 11.3 Å². The Morgan fingerprint density at radius 2 is 1.72 bits per heavy atom. The lowest BCUT2D eigenvalue weighted by Gasteiger charge is -2.18. The van der Waals surface area contributed by atoms with Gasteiger partial charge in [-0.1, -0.05) is 26.0 Å². The van der Waals surface area contributed by atoms with E-state index < -0.39 is 0 Å². The molecule has 2 aromatic rings. The van der Waals surface area contributed by atoms with Gasteiger partial charge in [-0.05, 0) is 62.5 Å². The summed E-state index contributed by atoms with van der Waals surface area (Å²) in [6.07, 6.45) is 0.932. The molecule has 0 unspecified atom stereocenters. The number of para-hydroxylation sites is 1. The second-order valence-electron chi connectivity index (χ2n) is 5.85. The van der Waals surface area contributed by atoms with Crippen LogP contribution in [0.3, 0.4) is 0 Å². The fourth-order valence-electron chi connectivity index (χ4n) is 2.63. The molecule has 0 bridgehead atoms. The van der Waals surface area contributed by atoms with Crippen LogP contribution >= 0.6 is 0 Å². The summed E-state index contributed by atoms with van der Waals surface area (Å²) in [5, 5.41) is 15.6. The third-order valence-corrected chi connectivity index (χ3v) is 4.15. The summed E-state index contributed by atoms with van der Waals surface area (Å²) in [6, 6.07) is 14.2. The van der Waals surface area contributed by atoms with Gasteiger partial charge in [-0.25, -0.2) is 0 Å². The molecule has 3 N–H and O–H groups in total. The number of phenolic OH excluding ortho intramolecular Hbond substituents is 1. The Morgan fingerprint density at radius 3 is 2.40 bits per heavy atom. The quantitative estimate of drug-likeness (QED) is 0.482. The minimum atomic E-state index is -0.0820. The molecule has 0 saturated heterocycles. The normalized spacial score (nSPS) is 10.7. The highest BCUT2D eigenvalue weighted by atomic mass is 16.3. The zero-order valence-electron chi connectivity index (χ0n) is 15.0. The first-order chi connectivity index (χ1) is 12.1. The Labute approximate surface area is 149 Å². The number of aromatic hydroxyl groups is 1. The summed E-state index contributed by atoms with van der Waals surface area (Å²) in [4.78, 5) is 14.8. The Bertz CT molecular complexity index is 667. The van der Waals surface area contributed by atoms with Crippen LogP contribution in [-0.4, -0.2) is 42.1 Å². The van der Waals surface area contributed by atoms with Crippen molar-refractivity contribution in [3.8, 4) is 5.75 Å². The molecular formula is C20H27N3O2. The molecule has 0 aliphatic heterocycles. The van der Waals surface area contributed by atoms with E-state index in [9.17, 15) is 9.90 Å². The third-order valence-electron chi connectivity index (χ3n) is 4.15. The molecule has 25 heavy (non-hydrogen) atoms. The average molecular weight is 341 g/mol. The maximum Gasteiger partial charge on any atom is 0.253 e. The van der Waals surface area contributed by atoms with Crippen LogP contribution in [-0.2, 0) is 0 Å². The predicted molar refractivity (Wildman–Crippen MR) is 103 cm³/mol. The van der Waals surface area contributed by atoms with Gasteiger partial charge in [-0.2, -0.15) is 0 Å². The summed E-state index contributed by atoms with van der Waals surface area (Å²) in [7, 11) is 0. The van der Waals surface area contributed by atoms with E-state index in [0.29, 0.717) is 12.1 Å². The van der Waals surface area contributed by atoms with Crippen molar-refractivity contribution in [1.29, 1.82) is 0 Å². The van der Waals surface area contributed by atoms with Gasteiger partial charge in [-0.15, -0.1) is 0 Å². The molecule has 0 saturated carbocycles. The smallest absolute Gasteiger partial charge is 0.253 e. The Balaban J connectivity index is 1.94. The standard InChI is InChI=1S/C20H27N3O2/c1-3-23(4-2)15-7-14-21-20(25)18-8-5-6-9-19(18)22-16-10-12-17(24)13-11-16/h5-6,8-13,22,24H,3-4,7,14-15H2,1-2H3,(H,21,25). The molecule has 5 heteroatoms. The van der Waals surface area contributed by atoms with Crippen LogP contribution in [0.5, 0.6) is 5.75 Å². The van der Waals surface area contributed by atoms with E-state index in [1.807, 2.05) is 24.3 Å². The number of carbonyl (C=O) groups is 1. The maximum absolute atomic E-state index is 12.5. The number of rotatable bonds is 9. The first kappa shape index (κ1) is 18.8. The van der Waals surface area contributed by atoms with Crippen molar-refractivity contribution in [2.24, 2.45) is 0 Å². The van der Waals surface area contributed by atoms with Crippen molar-refractivity contribution >= 4 is 17.3 Å². The van der Waals surface area contributed by atoms with Crippen molar-refractivity contribution in [3.05, 3.63) is 54.1 Å². The predicted octanol–water partition coefficient (Wildman–Crippen LogP) is 3.60. The lowest BCUT2D eigenvalue weighted by molar-refractivity contribution is 0.0952. The van der Waals surface area contributed by atoms with Crippen molar-refractivity contribution in [1.82, 2.24) is 10.2 Å². The van der Waals surface area contributed by atoms with Crippen molar-refractivity contribution in [3.63, 3.8) is 0 Å².